The monoisotopic (exact) mass is 254 g/mol. The van der Waals surface area contributed by atoms with Crippen LogP contribution in [0.1, 0.15) is 0 Å². The molecule has 1 heterocycles. The number of likely N-dealkylation sites (N-methyl/N-ethyl adjacent to an activating group) is 1. The van der Waals surface area contributed by atoms with Crippen molar-refractivity contribution in [1.29, 1.82) is 0 Å². The Morgan fingerprint density at radius 1 is 1.18 bits per heavy atom. The molecular formula is C11H16BClN2O2. The second kappa shape index (κ2) is 5.27. The molecule has 0 spiro atoms. The van der Waals surface area contributed by atoms with Gasteiger partial charge < -0.3 is 19.8 Å². The summed E-state index contributed by atoms with van der Waals surface area (Å²) < 4.78 is 0. The first-order chi connectivity index (χ1) is 8.08. The van der Waals surface area contributed by atoms with E-state index < -0.39 is 7.12 Å². The highest BCUT2D eigenvalue weighted by Gasteiger charge is 2.18. The highest BCUT2D eigenvalue weighted by Crippen LogP contribution is 2.19. The lowest BCUT2D eigenvalue weighted by molar-refractivity contribution is 0.313. The van der Waals surface area contributed by atoms with E-state index in [0.29, 0.717) is 10.5 Å². The number of benzene rings is 1. The molecule has 92 valence electrons. The molecule has 0 unspecified atom stereocenters. The molecule has 1 aliphatic rings. The van der Waals surface area contributed by atoms with E-state index in [2.05, 4.69) is 16.8 Å². The number of rotatable bonds is 2. The van der Waals surface area contributed by atoms with Crippen LogP contribution >= 0.6 is 11.6 Å². The highest BCUT2D eigenvalue weighted by molar-refractivity contribution is 6.62. The van der Waals surface area contributed by atoms with E-state index in [9.17, 15) is 0 Å². The fourth-order valence-electron chi connectivity index (χ4n) is 1.99. The molecule has 17 heavy (non-hydrogen) atoms. The second-order valence-electron chi connectivity index (χ2n) is 4.37. The van der Waals surface area contributed by atoms with Crippen molar-refractivity contribution < 1.29 is 10.0 Å². The first-order valence-corrected chi connectivity index (χ1v) is 6.05. The van der Waals surface area contributed by atoms with E-state index in [0.717, 1.165) is 31.9 Å². The zero-order valence-electron chi connectivity index (χ0n) is 9.80. The van der Waals surface area contributed by atoms with Crippen LogP contribution in [0.2, 0.25) is 5.02 Å². The van der Waals surface area contributed by atoms with E-state index in [-0.39, 0.29) is 0 Å². The van der Waals surface area contributed by atoms with Gasteiger partial charge in [-0.05, 0) is 19.2 Å². The zero-order valence-corrected chi connectivity index (χ0v) is 10.6. The summed E-state index contributed by atoms with van der Waals surface area (Å²) in [6.45, 7) is 3.99. The molecule has 1 aromatic rings. The summed E-state index contributed by atoms with van der Waals surface area (Å²) in [7, 11) is 0.597. The van der Waals surface area contributed by atoms with Crippen LogP contribution in [0.25, 0.3) is 0 Å². The van der Waals surface area contributed by atoms with Gasteiger partial charge in [-0.15, -0.1) is 0 Å². The molecule has 0 atom stereocenters. The van der Waals surface area contributed by atoms with Crippen molar-refractivity contribution in [3.8, 4) is 0 Å². The van der Waals surface area contributed by atoms with Gasteiger partial charge in [-0.1, -0.05) is 17.7 Å². The fraction of sp³-hybridized carbons (Fsp3) is 0.455. The van der Waals surface area contributed by atoms with E-state index in [4.69, 9.17) is 21.6 Å². The van der Waals surface area contributed by atoms with Crippen LogP contribution in [-0.2, 0) is 0 Å². The summed E-state index contributed by atoms with van der Waals surface area (Å²) >= 11 is 6.02. The average molecular weight is 255 g/mol. The van der Waals surface area contributed by atoms with Crippen molar-refractivity contribution in [1.82, 2.24) is 4.90 Å². The number of halogens is 1. The predicted octanol–water partition coefficient (Wildman–Crippen LogP) is -0.228. The van der Waals surface area contributed by atoms with Crippen LogP contribution in [0.4, 0.5) is 5.69 Å². The Hall–Kier alpha value is -0.745. The van der Waals surface area contributed by atoms with Crippen molar-refractivity contribution in [3.05, 3.63) is 23.2 Å². The lowest BCUT2D eigenvalue weighted by Gasteiger charge is -2.34. The van der Waals surface area contributed by atoms with Gasteiger partial charge in [0.05, 0.1) is 0 Å². The minimum Gasteiger partial charge on any atom is -0.423 e. The molecule has 1 aliphatic heterocycles. The van der Waals surface area contributed by atoms with Crippen molar-refractivity contribution in [2.45, 2.75) is 0 Å². The van der Waals surface area contributed by atoms with Gasteiger partial charge in [0.1, 0.15) is 0 Å². The molecule has 1 saturated heterocycles. The fourth-order valence-corrected chi connectivity index (χ4v) is 2.26. The average Bonchev–Trinajstić information content (AvgIpc) is 2.29. The van der Waals surface area contributed by atoms with Crippen LogP contribution in [0.3, 0.4) is 0 Å². The quantitative estimate of drug-likeness (QED) is 0.716. The molecule has 0 amide bonds. The topological polar surface area (TPSA) is 46.9 Å². The summed E-state index contributed by atoms with van der Waals surface area (Å²) in [5, 5.41) is 18.6. The van der Waals surface area contributed by atoms with Gasteiger partial charge in [-0.3, -0.25) is 0 Å². The maximum absolute atomic E-state index is 9.09. The van der Waals surface area contributed by atoms with Gasteiger partial charge >= 0.3 is 7.12 Å². The zero-order chi connectivity index (χ0) is 12.4. The molecule has 4 nitrogen and oxygen atoms in total. The molecule has 0 aromatic heterocycles. The molecule has 1 aromatic carbocycles. The standard InChI is InChI=1S/C11H16BClN2O2/c1-14-4-6-15(7-5-14)9-2-3-10(12(16)17)11(13)8-9/h2-3,8,16-17H,4-7H2,1H3. The van der Waals surface area contributed by atoms with Gasteiger partial charge in [0.25, 0.3) is 0 Å². The number of nitrogens with zero attached hydrogens (tertiary/aromatic N) is 2. The molecule has 0 bridgehead atoms. The van der Waals surface area contributed by atoms with E-state index in [1.54, 1.807) is 12.1 Å². The minimum absolute atomic E-state index is 0.351. The SMILES string of the molecule is CN1CCN(c2ccc(B(O)O)c(Cl)c2)CC1. The highest BCUT2D eigenvalue weighted by atomic mass is 35.5. The third kappa shape index (κ3) is 2.93. The van der Waals surface area contributed by atoms with Crippen molar-refractivity contribution in [3.63, 3.8) is 0 Å². The molecule has 2 rings (SSSR count). The first kappa shape index (κ1) is 12.7. The summed E-state index contributed by atoms with van der Waals surface area (Å²) in [6.07, 6.45) is 0. The van der Waals surface area contributed by atoms with Gasteiger partial charge in [-0.25, -0.2) is 0 Å². The second-order valence-corrected chi connectivity index (χ2v) is 4.78. The van der Waals surface area contributed by atoms with E-state index in [1.807, 2.05) is 6.07 Å². The van der Waals surface area contributed by atoms with Crippen molar-refractivity contribution in [2.75, 3.05) is 38.1 Å². The number of piperazine rings is 1. The molecule has 2 N–H and O–H groups in total. The Labute approximate surface area is 107 Å². The van der Waals surface area contributed by atoms with Gasteiger partial charge in [0.15, 0.2) is 0 Å². The Balaban J connectivity index is 2.14. The molecule has 6 heteroatoms. The van der Waals surface area contributed by atoms with Crippen LogP contribution in [0, 0.1) is 0 Å². The third-order valence-corrected chi connectivity index (χ3v) is 3.46. The Kier molecular flexibility index (Phi) is 3.94. The van der Waals surface area contributed by atoms with Crippen molar-refractivity contribution in [2.24, 2.45) is 0 Å². The van der Waals surface area contributed by atoms with Crippen LogP contribution in [0.15, 0.2) is 18.2 Å². The maximum atomic E-state index is 9.09. The summed E-state index contributed by atoms with van der Waals surface area (Å²) in [5.74, 6) is 0. The van der Waals surface area contributed by atoms with Crippen LogP contribution < -0.4 is 10.4 Å². The van der Waals surface area contributed by atoms with Gasteiger partial charge in [-0.2, -0.15) is 0 Å². The predicted molar refractivity (Wildman–Crippen MR) is 71.0 cm³/mol. The number of anilines is 1. The smallest absolute Gasteiger partial charge is 0.423 e. The van der Waals surface area contributed by atoms with E-state index >= 15 is 0 Å². The van der Waals surface area contributed by atoms with Gasteiger partial charge in [0, 0.05) is 42.4 Å². The number of hydrogen-bond acceptors (Lipinski definition) is 4. The van der Waals surface area contributed by atoms with Crippen LogP contribution in [-0.4, -0.2) is 55.3 Å². The lowest BCUT2D eigenvalue weighted by atomic mass is 9.80. The van der Waals surface area contributed by atoms with Crippen molar-refractivity contribution >= 4 is 29.9 Å². The lowest BCUT2D eigenvalue weighted by Crippen LogP contribution is -2.44. The van der Waals surface area contributed by atoms with Gasteiger partial charge in [0.2, 0.25) is 0 Å². The first-order valence-electron chi connectivity index (χ1n) is 5.67. The Morgan fingerprint density at radius 3 is 2.35 bits per heavy atom. The molecular weight excluding hydrogens is 238 g/mol. The molecule has 0 aliphatic carbocycles. The Morgan fingerprint density at radius 2 is 1.82 bits per heavy atom. The van der Waals surface area contributed by atoms with E-state index in [1.165, 1.54) is 0 Å². The molecule has 0 radical (unpaired) electrons. The normalized spacial score (nSPS) is 17.3. The molecule has 0 saturated carbocycles. The summed E-state index contributed by atoms with van der Waals surface area (Å²) in [4.78, 5) is 4.53. The summed E-state index contributed by atoms with van der Waals surface area (Å²) in [5.41, 5.74) is 1.39. The maximum Gasteiger partial charge on any atom is 0.489 e. The minimum atomic E-state index is -1.51. The Bertz CT molecular complexity index is 395. The number of hydrogen-bond donors (Lipinski definition) is 2. The molecule has 1 fully saturated rings. The largest absolute Gasteiger partial charge is 0.489 e. The van der Waals surface area contributed by atoms with Crippen LogP contribution in [0.5, 0.6) is 0 Å². The summed E-state index contributed by atoms with van der Waals surface area (Å²) in [6, 6.07) is 5.34. The third-order valence-electron chi connectivity index (χ3n) is 3.13.